The molecule has 0 radical (unpaired) electrons. The monoisotopic (exact) mass is 595 g/mol. The average Bonchev–Trinajstić information content (AvgIpc) is 3.50. The Kier molecular flexibility index (Phi) is 10.2. The first-order valence-corrected chi connectivity index (χ1v) is 15.6. The normalized spacial score (nSPS) is 14.3. The number of amides is 2. The minimum absolute atomic E-state index is 0.000115. The van der Waals surface area contributed by atoms with Gasteiger partial charge in [-0.15, -0.1) is 0 Å². The highest BCUT2D eigenvalue weighted by molar-refractivity contribution is 7.92. The Bertz CT molecular complexity index is 1480. The number of aryl methyl sites for hydroxylation is 1. The van der Waals surface area contributed by atoms with Crippen LogP contribution in [0.5, 0.6) is 5.75 Å². The van der Waals surface area contributed by atoms with Crippen LogP contribution in [0, 0.1) is 12.7 Å². The van der Waals surface area contributed by atoms with Crippen LogP contribution >= 0.6 is 0 Å². The lowest BCUT2D eigenvalue weighted by atomic mass is 10.1. The zero-order valence-electron chi connectivity index (χ0n) is 24.3. The molecule has 0 aromatic heterocycles. The highest BCUT2D eigenvalue weighted by atomic mass is 32.2. The lowest BCUT2D eigenvalue weighted by molar-refractivity contribution is -0.140. The van der Waals surface area contributed by atoms with E-state index in [1.54, 1.807) is 48.5 Å². The molecule has 0 saturated heterocycles. The zero-order chi connectivity index (χ0) is 30.3. The summed E-state index contributed by atoms with van der Waals surface area (Å²) in [6.45, 7) is 3.05. The van der Waals surface area contributed by atoms with Crippen molar-refractivity contribution in [3.63, 3.8) is 0 Å². The van der Waals surface area contributed by atoms with Crippen molar-refractivity contribution >= 4 is 27.5 Å². The van der Waals surface area contributed by atoms with Crippen molar-refractivity contribution in [1.29, 1.82) is 0 Å². The van der Waals surface area contributed by atoms with Crippen molar-refractivity contribution in [3.05, 3.63) is 89.7 Å². The van der Waals surface area contributed by atoms with Crippen LogP contribution in [0.15, 0.2) is 77.7 Å². The first-order chi connectivity index (χ1) is 20.1. The second-order valence-electron chi connectivity index (χ2n) is 10.6. The van der Waals surface area contributed by atoms with Crippen LogP contribution in [0.3, 0.4) is 0 Å². The maximum absolute atomic E-state index is 14.2. The van der Waals surface area contributed by atoms with Crippen molar-refractivity contribution in [1.82, 2.24) is 10.2 Å². The van der Waals surface area contributed by atoms with E-state index in [9.17, 15) is 22.4 Å². The number of nitrogens with one attached hydrogen (secondary N) is 1. The number of nitrogens with zero attached hydrogens (tertiary/aromatic N) is 2. The molecule has 2 amide bonds. The van der Waals surface area contributed by atoms with Crippen LogP contribution in [-0.4, -0.2) is 50.9 Å². The van der Waals surface area contributed by atoms with Gasteiger partial charge in [-0.2, -0.15) is 0 Å². The van der Waals surface area contributed by atoms with Gasteiger partial charge in [0.25, 0.3) is 10.0 Å². The summed E-state index contributed by atoms with van der Waals surface area (Å²) in [7, 11) is -2.79. The molecule has 224 valence electrons. The molecule has 1 N–H and O–H groups in total. The molecule has 0 aliphatic heterocycles. The summed E-state index contributed by atoms with van der Waals surface area (Å²) in [4.78, 5) is 29.2. The summed E-state index contributed by atoms with van der Waals surface area (Å²) in [6, 6.07) is 17.9. The lowest BCUT2D eigenvalue weighted by Gasteiger charge is -2.34. The Labute approximate surface area is 247 Å². The topological polar surface area (TPSA) is 96.0 Å². The highest BCUT2D eigenvalue weighted by Crippen LogP contribution is 2.34. The maximum atomic E-state index is 14.2. The van der Waals surface area contributed by atoms with Gasteiger partial charge in [-0.3, -0.25) is 13.9 Å². The number of halogens is 1. The van der Waals surface area contributed by atoms with Gasteiger partial charge in [-0.1, -0.05) is 56.2 Å². The van der Waals surface area contributed by atoms with Gasteiger partial charge in [0, 0.05) is 12.6 Å². The molecule has 8 nitrogen and oxygen atoms in total. The van der Waals surface area contributed by atoms with Crippen LogP contribution in [-0.2, 0) is 26.2 Å². The van der Waals surface area contributed by atoms with E-state index in [0.717, 1.165) is 35.6 Å². The lowest BCUT2D eigenvalue weighted by Crippen LogP contribution is -2.53. The second kappa shape index (κ2) is 13.8. The minimum atomic E-state index is -4.23. The molecule has 0 spiro atoms. The molecule has 3 aromatic rings. The molecule has 0 heterocycles. The third-order valence-electron chi connectivity index (χ3n) is 7.57. The molecule has 10 heteroatoms. The number of hydrogen-bond acceptors (Lipinski definition) is 5. The predicted molar refractivity (Wildman–Crippen MR) is 160 cm³/mol. The van der Waals surface area contributed by atoms with Crippen LogP contribution in [0.25, 0.3) is 0 Å². The molecule has 1 saturated carbocycles. The summed E-state index contributed by atoms with van der Waals surface area (Å²) in [5, 5.41) is 3.08. The number of carbonyl (C=O) groups excluding carboxylic acids is 2. The number of benzene rings is 3. The van der Waals surface area contributed by atoms with E-state index < -0.39 is 34.3 Å². The van der Waals surface area contributed by atoms with Crippen LogP contribution in [0.4, 0.5) is 10.1 Å². The molecular formula is C32H38FN3O5S. The number of rotatable bonds is 12. The van der Waals surface area contributed by atoms with E-state index >= 15 is 0 Å². The van der Waals surface area contributed by atoms with Gasteiger partial charge in [-0.05, 0) is 73.7 Å². The largest absolute Gasteiger partial charge is 0.495 e. The Hall–Kier alpha value is -3.92. The summed E-state index contributed by atoms with van der Waals surface area (Å²) >= 11 is 0. The highest BCUT2D eigenvalue weighted by Gasteiger charge is 2.35. The molecule has 4 rings (SSSR count). The minimum Gasteiger partial charge on any atom is -0.495 e. The second-order valence-corrected chi connectivity index (χ2v) is 12.4. The first kappa shape index (κ1) is 31.0. The van der Waals surface area contributed by atoms with E-state index in [1.807, 2.05) is 13.8 Å². The van der Waals surface area contributed by atoms with E-state index in [1.165, 1.54) is 36.3 Å². The first-order valence-electron chi connectivity index (χ1n) is 14.2. The van der Waals surface area contributed by atoms with Gasteiger partial charge >= 0.3 is 0 Å². The summed E-state index contributed by atoms with van der Waals surface area (Å²) < 4.78 is 48.3. The zero-order valence-corrected chi connectivity index (χ0v) is 25.1. The summed E-state index contributed by atoms with van der Waals surface area (Å²) in [5.74, 6) is -1.00. The van der Waals surface area contributed by atoms with Gasteiger partial charge < -0.3 is 15.0 Å². The molecule has 42 heavy (non-hydrogen) atoms. The number of methoxy groups -OCH3 is 1. The quantitative estimate of drug-likeness (QED) is 0.310. The van der Waals surface area contributed by atoms with Gasteiger partial charge in [0.15, 0.2) is 0 Å². The van der Waals surface area contributed by atoms with Crippen molar-refractivity contribution in [2.75, 3.05) is 18.0 Å². The Morgan fingerprint density at radius 1 is 1.02 bits per heavy atom. The van der Waals surface area contributed by atoms with Crippen molar-refractivity contribution in [2.24, 2.45) is 0 Å². The SMILES string of the molecule is CC[C@@H](C(=O)NC1CCCC1)N(Cc1ccc(F)cc1)C(=O)CN(c1cc(C)ccc1OC)S(=O)(=O)c1ccccc1. The van der Waals surface area contributed by atoms with Crippen molar-refractivity contribution < 1.29 is 27.1 Å². The Balaban J connectivity index is 1.75. The number of anilines is 1. The van der Waals surface area contributed by atoms with E-state index in [4.69, 9.17) is 4.74 Å². The van der Waals surface area contributed by atoms with Gasteiger partial charge in [-0.25, -0.2) is 12.8 Å². The molecule has 0 unspecified atom stereocenters. The number of sulfonamides is 1. The van der Waals surface area contributed by atoms with Gasteiger partial charge in [0.2, 0.25) is 11.8 Å². The standard InChI is InChI=1S/C32H38FN3O5S/c1-4-28(32(38)34-26-10-8-9-11-26)35(21-24-15-17-25(33)18-16-24)31(37)22-36(29-20-23(2)14-19-30(29)41-3)42(39,40)27-12-6-5-7-13-27/h5-7,12-20,26,28H,4,8-11,21-22H2,1-3H3,(H,34,38)/t28-/m0/s1. The Morgan fingerprint density at radius 2 is 1.69 bits per heavy atom. The van der Waals surface area contributed by atoms with E-state index in [-0.39, 0.29) is 34.8 Å². The predicted octanol–water partition coefficient (Wildman–Crippen LogP) is 5.20. The fraction of sp³-hybridized carbons (Fsp3) is 0.375. The molecule has 3 aromatic carbocycles. The third-order valence-corrected chi connectivity index (χ3v) is 9.34. The molecule has 0 bridgehead atoms. The molecule has 1 aliphatic rings. The number of carbonyl (C=O) groups is 2. The number of ether oxygens (including phenoxy) is 1. The van der Waals surface area contributed by atoms with Gasteiger partial charge in [0.05, 0.1) is 17.7 Å². The van der Waals surface area contributed by atoms with Crippen LogP contribution < -0.4 is 14.4 Å². The van der Waals surface area contributed by atoms with Crippen LogP contribution in [0.1, 0.15) is 50.2 Å². The van der Waals surface area contributed by atoms with Gasteiger partial charge in [0.1, 0.15) is 24.2 Å². The fourth-order valence-corrected chi connectivity index (χ4v) is 6.74. The van der Waals surface area contributed by atoms with E-state index in [2.05, 4.69) is 5.32 Å². The Morgan fingerprint density at radius 3 is 2.31 bits per heavy atom. The number of hydrogen-bond donors (Lipinski definition) is 1. The van der Waals surface area contributed by atoms with Crippen LogP contribution in [0.2, 0.25) is 0 Å². The smallest absolute Gasteiger partial charge is 0.264 e. The molecule has 1 atom stereocenters. The average molecular weight is 596 g/mol. The maximum Gasteiger partial charge on any atom is 0.264 e. The molecular weight excluding hydrogens is 557 g/mol. The fourth-order valence-electron chi connectivity index (χ4n) is 5.30. The summed E-state index contributed by atoms with van der Waals surface area (Å²) in [5.41, 5.74) is 1.60. The third kappa shape index (κ3) is 7.28. The molecule has 1 aliphatic carbocycles. The van der Waals surface area contributed by atoms with E-state index in [0.29, 0.717) is 12.0 Å². The van der Waals surface area contributed by atoms with Crippen molar-refractivity contribution in [3.8, 4) is 5.75 Å². The summed E-state index contributed by atoms with van der Waals surface area (Å²) in [6.07, 6.45) is 4.13. The van der Waals surface area contributed by atoms with Crippen molar-refractivity contribution in [2.45, 2.75) is 69.5 Å². The molecule has 1 fully saturated rings.